The fraction of sp³-hybridized carbons (Fsp3) is 0.200. The Bertz CT molecular complexity index is 1390. The summed E-state index contributed by atoms with van der Waals surface area (Å²) >= 11 is 4.71. The lowest BCUT2D eigenvalue weighted by Gasteiger charge is -2.15. The number of hydrogen-bond donors (Lipinski definition) is 1. The second kappa shape index (κ2) is 9.99. The van der Waals surface area contributed by atoms with Crippen molar-refractivity contribution in [3.05, 3.63) is 75.4 Å². The summed E-state index contributed by atoms with van der Waals surface area (Å²) in [7, 11) is 1.30. The van der Waals surface area contributed by atoms with Gasteiger partial charge in [-0.25, -0.2) is 14.8 Å². The lowest BCUT2D eigenvalue weighted by atomic mass is 10.1. The van der Waals surface area contributed by atoms with Crippen LogP contribution >= 0.6 is 27.7 Å². The number of rotatable bonds is 6. The molecule has 0 aliphatic rings. The van der Waals surface area contributed by atoms with E-state index in [9.17, 15) is 9.59 Å². The highest BCUT2D eigenvalue weighted by atomic mass is 79.9. The molecule has 34 heavy (non-hydrogen) atoms. The van der Waals surface area contributed by atoms with Crippen LogP contribution in [0.1, 0.15) is 27.0 Å². The normalized spacial score (nSPS) is 11.0. The van der Waals surface area contributed by atoms with E-state index in [1.54, 1.807) is 24.4 Å². The Morgan fingerprint density at radius 2 is 1.85 bits per heavy atom. The number of thioether (sulfide) groups is 1. The Morgan fingerprint density at radius 1 is 1.12 bits per heavy atom. The predicted molar refractivity (Wildman–Crippen MR) is 138 cm³/mol. The van der Waals surface area contributed by atoms with E-state index in [-0.39, 0.29) is 17.2 Å². The molecule has 1 N–H and O–H groups in total. The number of nitrogens with zero attached hydrogens (tertiary/aromatic N) is 3. The van der Waals surface area contributed by atoms with E-state index in [1.807, 2.05) is 16.7 Å². The maximum atomic E-state index is 12.9. The average molecular weight is 539 g/mol. The monoisotopic (exact) mass is 538 g/mol. The molecule has 0 saturated carbocycles. The summed E-state index contributed by atoms with van der Waals surface area (Å²) in [6.07, 6.45) is 1.74. The number of esters is 1. The number of pyridine rings is 1. The second-order valence-corrected chi connectivity index (χ2v) is 9.61. The number of benzene rings is 2. The Hall–Kier alpha value is -3.17. The van der Waals surface area contributed by atoms with E-state index in [4.69, 9.17) is 9.72 Å². The Kier molecular flexibility index (Phi) is 7.04. The number of hydrogen-bond acceptors (Lipinski definition) is 6. The maximum absolute atomic E-state index is 12.9. The molecule has 0 aliphatic heterocycles. The van der Waals surface area contributed by atoms with Crippen LogP contribution in [0.3, 0.4) is 0 Å². The van der Waals surface area contributed by atoms with Crippen molar-refractivity contribution in [2.45, 2.75) is 25.9 Å². The van der Waals surface area contributed by atoms with Crippen LogP contribution in [-0.2, 0) is 9.53 Å². The topological polar surface area (TPSA) is 86.1 Å². The minimum absolute atomic E-state index is 0.0925. The van der Waals surface area contributed by atoms with Crippen molar-refractivity contribution in [2.75, 3.05) is 18.2 Å². The van der Waals surface area contributed by atoms with Gasteiger partial charge in [-0.05, 0) is 72.1 Å². The van der Waals surface area contributed by atoms with Crippen molar-refractivity contribution in [2.24, 2.45) is 0 Å². The van der Waals surface area contributed by atoms with E-state index >= 15 is 0 Å². The number of carbonyl (C=O) groups is 2. The lowest BCUT2D eigenvalue weighted by molar-refractivity contribution is -0.113. The number of methoxy groups -OCH3 is 1. The maximum Gasteiger partial charge on any atom is 0.340 e. The molecule has 0 radical (unpaired) electrons. The fourth-order valence-corrected chi connectivity index (χ4v) is 5.22. The van der Waals surface area contributed by atoms with Gasteiger partial charge < -0.3 is 10.1 Å². The average Bonchev–Trinajstić information content (AvgIpc) is 3.16. The minimum Gasteiger partial charge on any atom is -0.465 e. The molecule has 2 aromatic heterocycles. The third kappa shape index (κ3) is 4.71. The summed E-state index contributed by atoms with van der Waals surface area (Å²) < 4.78 is 7.44. The molecule has 0 atom stereocenters. The molecule has 2 heterocycles. The molecular weight excluding hydrogens is 516 g/mol. The molecule has 1 amide bonds. The highest BCUT2D eigenvalue weighted by Gasteiger charge is 2.20. The van der Waals surface area contributed by atoms with Crippen molar-refractivity contribution in [3.8, 4) is 5.69 Å². The summed E-state index contributed by atoms with van der Waals surface area (Å²) in [4.78, 5) is 34.3. The van der Waals surface area contributed by atoms with Crippen molar-refractivity contribution >= 4 is 56.4 Å². The zero-order valence-electron chi connectivity index (χ0n) is 19.2. The van der Waals surface area contributed by atoms with Crippen LogP contribution in [0.4, 0.5) is 5.69 Å². The van der Waals surface area contributed by atoms with Crippen molar-refractivity contribution in [3.63, 3.8) is 0 Å². The van der Waals surface area contributed by atoms with Gasteiger partial charge in [0.15, 0.2) is 10.8 Å². The number of halogens is 1. The largest absolute Gasteiger partial charge is 0.465 e. The van der Waals surface area contributed by atoms with Crippen LogP contribution in [0, 0.1) is 20.8 Å². The molecule has 9 heteroatoms. The number of aromatic nitrogens is 3. The standard InChI is InChI=1S/C25H23BrN4O3S/c1-14-11-15(2)22(16(3)12-14)30-23-19(9-6-10-27-23)28-25(30)34-13-20(31)29-21-17(24(32)33-4)7-5-8-18(21)26/h5-12H,13H2,1-4H3,(H,29,31). The lowest BCUT2D eigenvalue weighted by Crippen LogP contribution is -2.18. The van der Waals surface area contributed by atoms with Gasteiger partial charge in [0.1, 0.15) is 5.52 Å². The van der Waals surface area contributed by atoms with Gasteiger partial charge in [0.2, 0.25) is 5.91 Å². The molecule has 174 valence electrons. The summed E-state index contributed by atoms with van der Waals surface area (Å²) in [6.45, 7) is 6.19. The number of nitrogens with one attached hydrogen (secondary N) is 1. The minimum atomic E-state index is -0.526. The summed E-state index contributed by atoms with van der Waals surface area (Å²) in [5.74, 6) is -0.705. The summed E-state index contributed by atoms with van der Waals surface area (Å²) in [5.41, 5.74) is 6.53. The molecule has 0 spiro atoms. The number of para-hydroxylation sites is 1. The van der Waals surface area contributed by atoms with Crippen molar-refractivity contribution in [1.29, 1.82) is 0 Å². The SMILES string of the molecule is COC(=O)c1cccc(Br)c1NC(=O)CSc1nc2cccnc2n1-c1c(C)cc(C)cc1C. The molecule has 0 bridgehead atoms. The van der Waals surface area contributed by atoms with Gasteiger partial charge in [-0.2, -0.15) is 0 Å². The highest BCUT2D eigenvalue weighted by Crippen LogP contribution is 2.32. The van der Waals surface area contributed by atoms with Gasteiger partial charge in [0.05, 0.1) is 29.8 Å². The molecule has 0 unspecified atom stereocenters. The molecule has 0 saturated heterocycles. The van der Waals surface area contributed by atoms with Crippen LogP contribution < -0.4 is 5.32 Å². The van der Waals surface area contributed by atoms with Gasteiger partial charge in [-0.1, -0.05) is 35.5 Å². The van der Waals surface area contributed by atoms with Crippen molar-refractivity contribution in [1.82, 2.24) is 14.5 Å². The first-order valence-electron chi connectivity index (χ1n) is 10.5. The first-order chi connectivity index (χ1) is 16.3. The molecule has 0 fully saturated rings. The zero-order chi connectivity index (χ0) is 24.4. The third-order valence-corrected chi connectivity index (χ3v) is 6.86. The summed E-state index contributed by atoms with van der Waals surface area (Å²) in [6, 6.07) is 13.1. The number of fused-ring (bicyclic) bond motifs is 1. The molecule has 7 nitrogen and oxygen atoms in total. The zero-order valence-corrected chi connectivity index (χ0v) is 21.6. The number of amides is 1. The Labute approximate surface area is 210 Å². The van der Waals surface area contributed by atoms with Crippen LogP contribution in [0.25, 0.3) is 16.9 Å². The van der Waals surface area contributed by atoms with Gasteiger partial charge in [-0.3, -0.25) is 9.36 Å². The van der Waals surface area contributed by atoms with Crippen LogP contribution in [-0.4, -0.2) is 39.3 Å². The first kappa shape index (κ1) is 24.0. The van der Waals surface area contributed by atoms with E-state index in [2.05, 4.69) is 59.1 Å². The van der Waals surface area contributed by atoms with E-state index in [0.717, 1.165) is 28.0 Å². The quantitative estimate of drug-likeness (QED) is 0.253. The Morgan fingerprint density at radius 3 is 2.56 bits per heavy atom. The Balaban J connectivity index is 1.66. The van der Waals surface area contributed by atoms with Gasteiger partial charge in [0, 0.05) is 10.7 Å². The van der Waals surface area contributed by atoms with Gasteiger partial charge >= 0.3 is 5.97 Å². The second-order valence-electron chi connectivity index (χ2n) is 7.81. The highest BCUT2D eigenvalue weighted by molar-refractivity contribution is 9.10. The van der Waals surface area contributed by atoms with E-state index in [1.165, 1.54) is 24.4 Å². The third-order valence-electron chi connectivity index (χ3n) is 5.26. The number of imidazole rings is 1. The first-order valence-corrected chi connectivity index (χ1v) is 12.3. The fourth-order valence-electron chi connectivity index (χ4n) is 3.95. The smallest absolute Gasteiger partial charge is 0.340 e. The van der Waals surface area contributed by atoms with Gasteiger partial charge in [0.25, 0.3) is 0 Å². The number of aryl methyl sites for hydroxylation is 3. The molecular formula is C25H23BrN4O3S. The number of ether oxygens (including phenoxy) is 1. The molecule has 0 aliphatic carbocycles. The van der Waals surface area contributed by atoms with Crippen LogP contribution in [0.2, 0.25) is 0 Å². The predicted octanol–water partition coefficient (Wildman–Crippen LogP) is 5.63. The van der Waals surface area contributed by atoms with E-state index < -0.39 is 5.97 Å². The summed E-state index contributed by atoms with van der Waals surface area (Å²) in [5, 5.41) is 3.49. The van der Waals surface area contributed by atoms with E-state index in [0.29, 0.717) is 15.3 Å². The molecule has 4 rings (SSSR count). The van der Waals surface area contributed by atoms with Crippen molar-refractivity contribution < 1.29 is 14.3 Å². The number of carbonyl (C=O) groups excluding carboxylic acids is 2. The molecule has 2 aromatic carbocycles. The van der Waals surface area contributed by atoms with Crippen LogP contribution in [0.5, 0.6) is 0 Å². The van der Waals surface area contributed by atoms with Crippen LogP contribution in [0.15, 0.2) is 58.3 Å². The van der Waals surface area contributed by atoms with Gasteiger partial charge in [-0.15, -0.1) is 0 Å². The molecule has 4 aromatic rings. The number of anilines is 1.